The van der Waals surface area contributed by atoms with Gasteiger partial charge < -0.3 is 9.88 Å². The number of rotatable bonds is 10. The Balaban J connectivity index is 1.36. The number of nitrogens with zero attached hydrogens (tertiary/aromatic N) is 3. The van der Waals surface area contributed by atoms with Crippen molar-refractivity contribution in [1.29, 1.82) is 0 Å². The Morgan fingerprint density at radius 1 is 0.938 bits per heavy atom. The van der Waals surface area contributed by atoms with E-state index in [2.05, 4.69) is 22.5 Å². The Bertz CT molecular complexity index is 1160. The Morgan fingerprint density at radius 3 is 2.34 bits per heavy atom. The van der Waals surface area contributed by atoms with Gasteiger partial charge in [0, 0.05) is 35.3 Å². The van der Waals surface area contributed by atoms with Gasteiger partial charge >= 0.3 is 0 Å². The van der Waals surface area contributed by atoms with E-state index in [4.69, 9.17) is 0 Å². The number of aryl methyl sites for hydroxylation is 1. The molecule has 0 saturated carbocycles. The molecule has 0 fully saturated rings. The molecule has 6 nitrogen and oxygen atoms in total. The molecule has 0 aliphatic rings. The lowest BCUT2D eigenvalue weighted by Gasteiger charge is -2.11. The van der Waals surface area contributed by atoms with Gasteiger partial charge in [0.15, 0.2) is 0 Å². The van der Waals surface area contributed by atoms with Gasteiger partial charge in [-0.1, -0.05) is 48.5 Å². The molecule has 7 heteroatoms. The third-order valence-electron chi connectivity index (χ3n) is 5.08. The van der Waals surface area contributed by atoms with Crippen molar-refractivity contribution in [3.8, 4) is 11.5 Å². The molecule has 0 radical (unpaired) electrons. The molecule has 1 atom stereocenters. The summed E-state index contributed by atoms with van der Waals surface area (Å²) in [5.41, 5.74) is 3.00. The molecular weight excluding hydrogens is 420 g/mol. The van der Waals surface area contributed by atoms with Crippen LogP contribution in [-0.2, 0) is 27.8 Å². The minimum atomic E-state index is -1.34. The average molecular weight is 447 g/mol. The van der Waals surface area contributed by atoms with Gasteiger partial charge in [-0.05, 0) is 42.7 Å². The maximum absolute atomic E-state index is 12.7. The SMILES string of the molecule is O=C(C[S@@](=O)Cc1cnn(-c2ccccc2)c1-n1cccc1)NCCCc1ccccc1. The lowest BCUT2D eigenvalue weighted by Crippen LogP contribution is -2.29. The Morgan fingerprint density at radius 2 is 1.62 bits per heavy atom. The van der Waals surface area contributed by atoms with Gasteiger partial charge in [-0.25, -0.2) is 4.68 Å². The van der Waals surface area contributed by atoms with Crippen LogP contribution in [0.2, 0.25) is 0 Å². The number of hydrogen-bond acceptors (Lipinski definition) is 3. The minimum absolute atomic E-state index is 0.0209. The van der Waals surface area contributed by atoms with E-state index in [1.807, 2.05) is 82.3 Å². The number of hydrogen-bond donors (Lipinski definition) is 1. The molecule has 0 aliphatic heterocycles. The van der Waals surface area contributed by atoms with Crippen LogP contribution in [0.25, 0.3) is 11.5 Å². The lowest BCUT2D eigenvalue weighted by molar-refractivity contribution is -0.118. The first-order chi connectivity index (χ1) is 15.7. The molecule has 4 aromatic rings. The number of carbonyl (C=O) groups is 1. The zero-order valence-electron chi connectivity index (χ0n) is 17.8. The van der Waals surface area contributed by atoms with E-state index < -0.39 is 10.8 Å². The summed E-state index contributed by atoms with van der Waals surface area (Å²) in [5, 5.41) is 7.41. The third-order valence-corrected chi connectivity index (χ3v) is 6.30. The summed E-state index contributed by atoms with van der Waals surface area (Å²) in [6.07, 6.45) is 7.36. The molecule has 0 saturated heterocycles. The number of aromatic nitrogens is 3. The topological polar surface area (TPSA) is 68.9 Å². The number of amides is 1. The van der Waals surface area contributed by atoms with Crippen molar-refractivity contribution in [1.82, 2.24) is 19.7 Å². The molecule has 2 heterocycles. The second kappa shape index (κ2) is 10.7. The van der Waals surface area contributed by atoms with Crippen LogP contribution in [0.4, 0.5) is 0 Å². The van der Waals surface area contributed by atoms with Crippen molar-refractivity contribution in [2.24, 2.45) is 0 Å². The van der Waals surface area contributed by atoms with Gasteiger partial charge in [-0.2, -0.15) is 5.10 Å². The second-order valence-electron chi connectivity index (χ2n) is 7.50. The van der Waals surface area contributed by atoms with Crippen molar-refractivity contribution in [2.45, 2.75) is 18.6 Å². The number of nitrogens with one attached hydrogen (secondary N) is 1. The quantitative estimate of drug-likeness (QED) is 0.378. The van der Waals surface area contributed by atoms with Gasteiger partial charge in [0.2, 0.25) is 5.91 Å². The van der Waals surface area contributed by atoms with Gasteiger partial charge in [-0.3, -0.25) is 9.00 Å². The van der Waals surface area contributed by atoms with Crippen molar-refractivity contribution < 1.29 is 9.00 Å². The minimum Gasteiger partial charge on any atom is -0.355 e. The van der Waals surface area contributed by atoms with Crippen LogP contribution in [0.5, 0.6) is 0 Å². The molecule has 1 N–H and O–H groups in total. The predicted octanol–water partition coefficient (Wildman–Crippen LogP) is 3.66. The fourth-order valence-corrected chi connectivity index (χ4v) is 4.62. The van der Waals surface area contributed by atoms with Crippen LogP contribution in [0.1, 0.15) is 17.5 Å². The van der Waals surface area contributed by atoms with Crippen molar-refractivity contribution in [3.63, 3.8) is 0 Å². The molecule has 4 rings (SSSR count). The van der Waals surface area contributed by atoms with E-state index in [-0.39, 0.29) is 17.4 Å². The van der Waals surface area contributed by atoms with Crippen molar-refractivity contribution in [2.75, 3.05) is 12.3 Å². The fourth-order valence-electron chi connectivity index (χ4n) is 3.57. The molecular formula is C25H26N4O2S. The highest BCUT2D eigenvalue weighted by Crippen LogP contribution is 2.21. The molecule has 2 aromatic heterocycles. The molecule has 0 unspecified atom stereocenters. The van der Waals surface area contributed by atoms with Crippen molar-refractivity contribution >= 4 is 16.7 Å². The second-order valence-corrected chi connectivity index (χ2v) is 8.96. The maximum Gasteiger partial charge on any atom is 0.232 e. The van der Waals surface area contributed by atoms with Crippen LogP contribution in [0.15, 0.2) is 91.4 Å². The largest absolute Gasteiger partial charge is 0.355 e. The summed E-state index contributed by atoms with van der Waals surface area (Å²) < 4.78 is 16.5. The van der Waals surface area contributed by atoms with Crippen LogP contribution >= 0.6 is 0 Å². The van der Waals surface area contributed by atoms with Gasteiger partial charge in [0.25, 0.3) is 0 Å². The molecule has 1 amide bonds. The molecule has 164 valence electrons. The average Bonchev–Trinajstić information content (AvgIpc) is 3.48. The van der Waals surface area contributed by atoms with Crippen LogP contribution in [0, 0.1) is 0 Å². The van der Waals surface area contributed by atoms with Crippen LogP contribution in [0.3, 0.4) is 0 Å². The lowest BCUT2D eigenvalue weighted by atomic mass is 10.1. The molecule has 0 spiro atoms. The van der Waals surface area contributed by atoms with E-state index in [1.165, 1.54) is 5.56 Å². The summed E-state index contributed by atoms with van der Waals surface area (Å²) in [6.45, 7) is 0.575. The van der Waals surface area contributed by atoms with Crippen molar-refractivity contribution in [3.05, 3.63) is 103 Å². The van der Waals surface area contributed by atoms with E-state index in [0.29, 0.717) is 6.54 Å². The Hall–Kier alpha value is -3.45. The molecule has 32 heavy (non-hydrogen) atoms. The summed E-state index contributed by atoms with van der Waals surface area (Å²) in [5.74, 6) is 0.886. The Labute approximate surface area is 190 Å². The van der Waals surface area contributed by atoms with Gasteiger partial charge in [0.1, 0.15) is 11.6 Å². The smallest absolute Gasteiger partial charge is 0.232 e. The van der Waals surface area contributed by atoms with Gasteiger partial charge in [0.05, 0.1) is 17.6 Å². The van der Waals surface area contributed by atoms with Crippen LogP contribution < -0.4 is 5.32 Å². The molecule has 2 aromatic carbocycles. The first kappa shape index (κ1) is 21.8. The fraction of sp³-hybridized carbons (Fsp3) is 0.200. The summed E-state index contributed by atoms with van der Waals surface area (Å²) in [4.78, 5) is 12.3. The Kier molecular flexibility index (Phi) is 7.30. The van der Waals surface area contributed by atoms with E-state index in [0.717, 1.165) is 29.9 Å². The van der Waals surface area contributed by atoms with Crippen LogP contribution in [-0.4, -0.2) is 36.8 Å². The highest BCUT2D eigenvalue weighted by molar-refractivity contribution is 7.84. The number of carbonyl (C=O) groups excluding carboxylic acids is 1. The monoisotopic (exact) mass is 446 g/mol. The normalized spacial score (nSPS) is 11.9. The molecule has 0 bridgehead atoms. The maximum atomic E-state index is 12.7. The standard InChI is InChI=1S/C25H26N4O2S/c30-24(26-15-9-12-21-10-3-1-4-11-21)20-32(31)19-22-18-27-29(23-13-5-2-6-14-23)25(22)28-16-7-8-17-28/h1-8,10-11,13-14,16-18H,9,12,15,19-20H2,(H,26,30)/t32-/m0/s1. The number of para-hydroxylation sites is 1. The van der Waals surface area contributed by atoms with Gasteiger partial charge in [-0.15, -0.1) is 0 Å². The first-order valence-electron chi connectivity index (χ1n) is 10.6. The molecule has 0 aliphatic carbocycles. The summed E-state index contributed by atoms with van der Waals surface area (Å²) >= 11 is 0. The summed E-state index contributed by atoms with van der Waals surface area (Å²) in [6, 6.07) is 23.9. The number of benzene rings is 2. The predicted molar refractivity (Wildman–Crippen MR) is 127 cm³/mol. The van der Waals surface area contributed by atoms with E-state index >= 15 is 0 Å². The highest BCUT2D eigenvalue weighted by Gasteiger charge is 2.17. The van der Waals surface area contributed by atoms with E-state index in [9.17, 15) is 9.00 Å². The highest BCUT2D eigenvalue weighted by atomic mass is 32.2. The van der Waals surface area contributed by atoms with E-state index in [1.54, 1.807) is 6.20 Å². The zero-order chi connectivity index (χ0) is 22.2. The summed E-state index contributed by atoms with van der Waals surface area (Å²) in [7, 11) is -1.34. The zero-order valence-corrected chi connectivity index (χ0v) is 18.6. The third kappa shape index (κ3) is 5.62. The first-order valence-corrected chi connectivity index (χ1v) is 12.1.